The fraction of sp³-hybridized carbons (Fsp3) is 0.750. The highest BCUT2D eigenvalue weighted by molar-refractivity contribution is 8.76. The molecule has 3 atom stereocenters. The lowest BCUT2D eigenvalue weighted by molar-refractivity contribution is -0.0238. The van der Waals surface area contributed by atoms with E-state index in [1.165, 1.54) is 36.4 Å². The summed E-state index contributed by atoms with van der Waals surface area (Å²) in [7, 11) is 3.54. The smallest absolute Gasteiger partial charge is 0.330 e. The summed E-state index contributed by atoms with van der Waals surface area (Å²) in [6.07, 6.45) is 6.40. The first kappa shape index (κ1) is 19.6. The van der Waals surface area contributed by atoms with Crippen LogP contribution in [0.3, 0.4) is 0 Å². The topological polar surface area (TPSA) is 84.3 Å². The molecule has 0 saturated carbocycles. The molecule has 1 saturated heterocycles. The number of unbranched alkanes of at least 4 members (excludes halogenated alkanes) is 3. The second-order valence-electron chi connectivity index (χ2n) is 6.04. The molecule has 6 nitrogen and oxygen atoms in total. The van der Waals surface area contributed by atoms with Crippen LogP contribution in [0.25, 0.3) is 0 Å². The lowest BCUT2D eigenvalue weighted by Gasteiger charge is -2.15. The van der Waals surface area contributed by atoms with Crippen LogP contribution < -0.4 is 11.2 Å². The van der Waals surface area contributed by atoms with Crippen molar-refractivity contribution in [2.75, 3.05) is 12.4 Å². The summed E-state index contributed by atoms with van der Waals surface area (Å²) in [6.45, 7) is 3.79. The number of aromatic nitrogens is 2. The molecule has 8 heteroatoms. The van der Waals surface area contributed by atoms with Crippen LogP contribution in [0.15, 0.2) is 15.8 Å². The van der Waals surface area contributed by atoms with Crippen molar-refractivity contribution in [2.24, 2.45) is 0 Å². The molecule has 1 fully saturated rings. The number of ether oxygens (including phenoxy) is 1. The van der Waals surface area contributed by atoms with Crippen molar-refractivity contribution in [2.45, 2.75) is 63.5 Å². The maximum atomic E-state index is 12.0. The minimum absolute atomic E-state index is 0.0678. The quantitative estimate of drug-likeness (QED) is 0.510. The number of nitrogens with zero attached hydrogens (tertiary/aromatic N) is 1. The number of nitrogens with one attached hydrogen (secondary N) is 1. The number of hydrogen-bond acceptors (Lipinski definition) is 6. The zero-order chi connectivity index (χ0) is 17.5. The minimum atomic E-state index is -0.467. The zero-order valence-corrected chi connectivity index (χ0v) is 15.8. The SMILES string of the molecule is CCCCCCSS[C@H]1C[C@H](n2cc(C)c(=O)[nH]c2=O)O[C@@H]1CO. The number of hydrogen-bond donors (Lipinski definition) is 2. The van der Waals surface area contributed by atoms with Gasteiger partial charge in [-0.05, 0) is 13.3 Å². The highest BCUT2D eigenvalue weighted by atomic mass is 33.1. The van der Waals surface area contributed by atoms with Gasteiger partial charge in [0.25, 0.3) is 5.56 Å². The molecule has 1 aliphatic rings. The largest absolute Gasteiger partial charge is 0.394 e. The van der Waals surface area contributed by atoms with Gasteiger partial charge in [-0.1, -0.05) is 47.8 Å². The Hall–Kier alpha value is -0.700. The standard InChI is InChI=1S/C16H26N2O4S2/c1-3-4-5-6-7-23-24-13-8-14(22-12(13)10-19)18-9-11(2)15(20)17-16(18)21/h9,12-14,19H,3-8,10H2,1-2H3,(H,17,20,21)/t12-,13+,14-/m1/s1. The summed E-state index contributed by atoms with van der Waals surface area (Å²) in [5, 5.41) is 9.68. The van der Waals surface area contributed by atoms with Gasteiger partial charge in [0.2, 0.25) is 0 Å². The molecule has 0 amide bonds. The van der Waals surface area contributed by atoms with Gasteiger partial charge in [0.1, 0.15) is 6.23 Å². The Balaban J connectivity index is 1.93. The van der Waals surface area contributed by atoms with Crippen molar-refractivity contribution in [3.63, 3.8) is 0 Å². The molecule has 2 heterocycles. The predicted molar refractivity (Wildman–Crippen MR) is 99.7 cm³/mol. The average Bonchev–Trinajstić information content (AvgIpc) is 2.97. The van der Waals surface area contributed by atoms with Gasteiger partial charge in [0.05, 0.1) is 12.7 Å². The van der Waals surface area contributed by atoms with Gasteiger partial charge in [-0.15, -0.1) is 0 Å². The van der Waals surface area contributed by atoms with Crippen LogP contribution >= 0.6 is 21.6 Å². The number of aryl methyl sites for hydroxylation is 1. The van der Waals surface area contributed by atoms with Gasteiger partial charge in [0, 0.05) is 29.2 Å². The molecule has 2 N–H and O–H groups in total. The van der Waals surface area contributed by atoms with Gasteiger partial charge in [0.15, 0.2) is 0 Å². The van der Waals surface area contributed by atoms with Crippen LogP contribution in [0.1, 0.15) is 50.8 Å². The summed E-state index contributed by atoms with van der Waals surface area (Å²) in [5.74, 6) is 1.09. The Bertz CT molecular complexity index is 631. The first-order valence-electron chi connectivity index (χ1n) is 8.43. The maximum Gasteiger partial charge on any atom is 0.330 e. The van der Waals surface area contributed by atoms with E-state index in [0.29, 0.717) is 12.0 Å². The lowest BCUT2D eigenvalue weighted by Crippen LogP contribution is -2.33. The van der Waals surface area contributed by atoms with Crippen LogP contribution in [-0.2, 0) is 4.74 Å². The van der Waals surface area contributed by atoms with E-state index in [4.69, 9.17) is 4.74 Å². The molecule has 1 aromatic heterocycles. The molecule has 2 rings (SSSR count). The van der Waals surface area contributed by atoms with E-state index >= 15 is 0 Å². The third-order valence-electron chi connectivity index (χ3n) is 4.09. The molecule has 1 aliphatic heterocycles. The normalized spacial score (nSPS) is 23.7. The van der Waals surface area contributed by atoms with Crippen molar-refractivity contribution >= 4 is 21.6 Å². The van der Waals surface area contributed by atoms with Crippen LogP contribution in [0.4, 0.5) is 0 Å². The number of rotatable bonds is 9. The fourth-order valence-corrected chi connectivity index (χ4v) is 5.54. The molecule has 0 bridgehead atoms. The number of H-pyrrole nitrogens is 1. The van der Waals surface area contributed by atoms with E-state index in [1.807, 2.05) is 10.8 Å². The second kappa shape index (κ2) is 9.70. The monoisotopic (exact) mass is 374 g/mol. The fourth-order valence-electron chi connectivity index (χ4n) is 2.66. The van der Waals surface area contributed by atoms with E-state index in [-0.39, 0.29) is 23.5 Å². The molecule has 0 aromatic carbocycles. The molecule has 1 aromatic rings. The minimum Gasteiger partial charge on any atom is -0.394 e. The van der Waals surface area contributed by atoms with Gasteiger partial charge in [-0.2, -0.15) is 0 Å². The number of aliphatic hydroxyl groups is 1. The molecule has 0 radical (unpaired) electrons. The number of aromatic amines is 1. The molecule has 0 unspecified atom stereocenters. The average molecular weight is 375 g/mol. The molecular formula is C16H26N2O4S2. The Morgan fingerprint density at radius 1 is 1.38 bits per heavy atom. The molecular weight excluding hydrogens is 348 g/mol. The highest BCUT2D eigenvalue weighted by Crippen LogP contribution is 2.41. The molecule has 136 valence electrons. The van der Waals surface area contributed by atoms with Crippen molar-refractivity contribution in [1.29, 1.82) is 0 Å². The predicted octanol–water partition coefficient (Wildman–Crippen LogP) is 2.46. The molecule has 0 aliphatic carbocycles. The van der Waals surface area contributed by atoms with Crippen LogP contribution in [0.5, 0.6) is 0 Å². The summed E-state index contributed by atoms with van der Waals surface area (Å²) in [4.78, 5) is 25.8. The molecule has 0 spiro atoms. The summed E-state index contributed by atoms with van der Waals surface area (Å²) in [5.41, 5.74) is -0.369. The first-order chi connectivity index (χ1) is 11.6. The van der Waals surface area contributed by atoms with E-state index in [0.717, 1.165) is 5.75 Å². The van der Waals surface area contributed by atoms with E-state index in [9.17, 15) is 14.7 Å². The first-order valence-corrected chi connectivity index (χ1v) is 10.8. The van der Waals surface area contributed by atoms with E-state index in [2.05, 4.69) is 11.9 Å². The summed E-state index contributed by atoms with van der Waals surface area (Å²) in [6, 6.07) is 0. The van der Waals surface area contributed by atoms with Crippen molar-refractivity contribution in [3.05, 3.63) is 32.6 Å². The Kier molecular flexibility index (Phi) is 7.93. The third kappa shape index (κ3) is 5.15. The Labute approximate surface area is 149 Å². The van der Waals surface area contributed by atoms with Crippen LogP contribution in [0, 0.1) is 6.92 Å². The van der Waals surface area contributed by atoms with Crippen molar-refractivity contribution < 1.29 is 9.84 Å². The van der Waals surface area contributed by atoms with Crippen LogP contribution in [0.2, 0.25) is 0 Å². The maximum absolute atomic E-state index is 12.0. The van der Waals surface area contributed by atoms with Gasteiger partial charge in [-0.25, -0.2) is 4.79 Å². The lowest BCUT2D eigenvalue weighted by atomic mass is 10.2. The van der Waals surface area contributed by atoms with Crippen LogP contribution in [-0.4, -0.2) is 38.4 Å². The third-order valence-corrected chi connectivity index (χ3v) is 7.07. The van der Waals surface area contributed by atoms with Gasteiger partial charge < -0.3 is 9.84 Å². The number of aliphatic hydroxyl groups excluding tert-OH is 1. The van der Waals surface area contributed by atoms with Crippen molar-refractivity contribution in [3.8, 4) is 0 Å². The highest BCUT2D eigenvalue weighted by Gasteiger charge is 2.36. The van der Waals surface area contributed by atoms with E-state index in [1.54, 1.807) is 17.7 Å². The summed E-state index contributed by atoms with van der Waals surface area (Å²) < 4.78 is 7.26. The Morgan fingerprint density at radius 2 is 2.17 bits per heavy atom. The van der Waals surface area contributed by atoms with Gasteiger partial charge >= 0.3 is 5.69 Å². The van der Waals surface area contributed by atoms with E-state index < -0.39 is 11.9 Å². The Morgan fingerprint density at radius 3 is 2.88 bits per heavy atom. The summed E-state index contributed by atoms with van der Waals surface area (Å²) >= 11 is 0. The van der Waals surface area contributed by atoms with Gasteiger partial charge in [-0.3, -0.25) is 14.3 Å². The second-order valence-corrected chi connectivity index (χ2v) is 8.77. The molecule has 24 heavy (non-hydrogen) atoms. The zero-order valence-electron chi connectivity index (χ0n) is 14.2. The van der Waals surface area contributed by atoms with Crippen molar-refractivity contribution in [1.82, 2.24) is 9.55 Å².